The maximum Gasteiger partial charge on any atom is 0.250 e. The highest BCUT2D eigenvalue weighted by Crippen LogP contribution is 2.31. The molecule has 4 heteroatoms. The zero-order valence-corrected chi connectivity index (χ0v) is 16.9. The molecule has 0 radical (unpaired) electrons. The Morgan fingerprint density at radius 3 is 2.71 bits per heavy atom. The van der Waals surface area contributed by atoms with Gasteiger partial charge in [-0.25, -0.2) is 0 Å². The second kappa shape index (κ2) is 9.28. The summed E-state index contributed by atoms with van der Waals surface area (Å²) in [6.45, 7) is 13.1. The van der Waals surface area contributed by atoms with E-state index in [4.69, 9.17) is 0 Å². The van der Waals surface area contributed by atoms with Crippen molar-refractivity contribution in [2.75, 3.05) is 26.2 Å². The van der Waals surface area contributed by atoms with E-state index in [1.54, 1.807) is 0 Å². The van der Waals surface area contributed by atoms with E-state index in [2.05, 4.69) is 43.3 Å². The highest BCUT2D eigenvalue weighted by Gasteiger charge is 2.28. The number of likely N-dealkylation sites (tertiary alicyclic amines) is 1. The average molecular weight is 353 g/mol. The Morgan fingerprint density at radius 1 is 1.33 bits per heavy atom. The molecule has 0 aromatic carbocycles. The molecule has 2 aliphatic heterocycles. The number of hydrogen-bond donors (Lipinski definition) is 1. The Kier molecular flexibility index (Phi) is 7.67. The van der Waals surface area contributed by atoms with Gasteiger partial charge in [-0.2, -0.15) is 0 Å². The minimum absolute atomic E-state index is 0.251. The summed E-state index contributed by atoms with van der Waals surface area (Å²) >= 11 is 1.88. The standard InChI is InChI=1S/C20H36N2OS/c1-5-17(14-24-16(2)18-8-11-21-12-9-18)19(23)22-13-7-6-10-20(3,4)15-22/h14,16,18,21H,5-13,15H2,1-4H3/b17-14+. The number of nitrogens with one attached hydrogen (secondary N) is 1. The second-order valence-corrected chi connectivity index (χ2v) is 9.52. The van der Waals surface area contributed by atoms with Crippen LogP contribution in [0.3, 0.4) is 0 Å². The summed E-state index contributed by atoms with van der Waals surface area (Å²) in [4.78, 5) is 15.1. The fourth-order valence-corrected chi connectivity index (χ4v) is 5.00. The van der Waals surface area contributed by atoms with Crippen molar-refractivity contribution in [3.63, 3.8) is 0 Å². The maximum absolute atomic E-state index is 13.0. The first-order chi connectivity index (χ1) is 11.4. The van der Waals surface area contributed by atoms with Crippen LogP contribution in [0.15, 0.2) is 11.0 Å². The molecule has 2 aliphatic rings. The van der Waals surface area contributed by atoms with Crippen molar-refractivity contribution >= 4 is 17.7 Å². The fraction of sp³-hybridized carbons (Fsp3) is 0.850. The number of hydrogen-bond acceptors (Lipinski definition) is 3. The third-order valence-corrected chi connectivity index (χ3v) is 6.80. The van der Waals surface area contributed by atoms with E-state index in [1.165, 1.54) is 25.7 Å². The largest absolute Gasteiger partial charge is 0.338 e. The van der Waals surface area contributed by atoms with E-state index in [1.807, 2.05) is 11.8 Å². The monoisotopic (exact) mass is 352 g/mol. The zero-order valence-electron chi connectivity index (χ0n) is 16.1. The SMILES string of the molecule is CC/C(=C\SC(C)C1CCNCC1)C(=O)N1CCCCC(C)(C)C1. The Hall–Kier alpha value is -0.480. The van der Waals surface area contributed by atoms with Crippen molar-refractivity contribution in [3.05, 3.63) is 11.0 Å². The second-order valence-electron chi connectivity index (χ2n) is 8.27. The van der Waals surface area contributed by atoms with Crippen LogP contribution in [0.4, 0.5) is 0 Å². The minimum atomic E-state index is 0.251. The number of amides is 1. The molecule has 1 N–H and O–H groups in total. The van der Waals surface area contributed by atoms with Crippen molar-refractivity contribution in [2.45, 2.75) is 71.5 Å². The van der Waals surface area contributed by atoms with Gasteiger partial charge >= 0.3 is 0 Å². The van der Waals surface area contributed by atoms with Gasteiger partial charge in [0.1, 0.15) is 0 Å². The van der Waals surface area contributed by atoms with Gasteiger partial charge in [-0.15, -0.1) is 11.8 Å². The molecule has 1 unspecified atom stereocenters. The molecule has 0 saturated carbocycles. The van der Waals surface area contributed by atoms with Crippen molar-refractivity contribution < 1.29 is 4.79 Å². The molecule has 0 spiro atoms. The lowest BCUT2D eigenvalue weighted by atomic mass is 9.88. The maximum atomic E-state index is 13.0. The van der Waals surface area contributed by atoms with Crippen LogP contribution >= 0.6 is 11.8 Å². The van der Waals surface area contributed by atoms with Crippen molar-refractivity contribution in [3.8, 4) is 0 Å². The number of nitrogens with zero attached hydrogens (tertiary/aromatic N) is 1. The molecular formula is C20H36N2OS. The van der Waals surface area contributed by atoms with Gasteiger partial charge in [0.05, 0.1) is 0 Å². The minimum Gasteiger partial charge on any atom is -0.338 e. The Labute approximate surface area is 153 Å². The number of piperidine rings is 1. The van der Waals surface area contributed by atoms with Crippen LogP contribution in [0.5, 0.6) is 0 Å². The van der Waals surface area contributed by atoms with Gasteiger partial charge < -0.3 is 10.2 Å². The van der Waals surface area contributed by atoms with E-state index >= 15 is 0 Å². The van der Waals surface area contributed by atoms with Crippen LogP contribution in [0.1, 0.15) is 66.2 Å². The lowest BCUT2D eigenvalue weighted by molar-refractivity contribution is -0.128. The van der Waals surface area contributed by atoms with Crippen LogP contribution < -0.4 is 5.32 Å². The van der Waals surface area contributed by atoms with Crippen molar-refractivity contribution in [1.29, 1.82) is 0 Å². The molecular weight excluding hydrogens is 316 g/mol. The van der Waals surface area contributed by atoms with Gasteiger partial charge in [0.2, 0.25) is 5.91 Å². The van der Waals surface area contributed by atoms with Gasteiger partial charge in [0.15, 0.2) is 0 Å². The van der Waals surface area contributed by atoms with Crippen molar-refractivity contribution in [2.24, 2.45) is 11.3 Å². The Bertz CT molecular complexity index is 441. The average Bonchev–Trinajstić information content (AvgIpc) is 2.76. The molecule has 1 atom stereocenters. The number of carbonyl (C=O) groups excluding carboxylic acids is 1. The topological polar surface area (TPSA) is 32.3 Å². The lowest BCUT2D eigenvalue weighted by Crippen LogP contribution is -2.38. The molecule has 2 heterocycles. The summed E-state index contributed by atoms with van der Waals surface area (Å²) in [5.41, 5.74) is 1.25. The molecule has 0 aromatic rings. The first-order valence-electron chi connectivity index (χ1n) is 9.77. The van der Waals surface area contributed by atoms with E-state index < -0.39 is 0 Å². The molecule has 0 aliphatic carbocycles. The van der Waals surface area contributed by atoms with E-state index in [-0.39, 0.29) is 11.3 Å². The van der Waals surface area contributed by atoms with Crippen LogP contribution in [-0.4, -0.2) is 42.2 Å². The number of rotatable bonds is 5. The summed E-state index contributed by atoms with van der Waals surface area (Å²) in [6, 6.07) is 0. The number of thioether (sulfide) groups is 1. The summed E-state index contributed by atoms with van der Waals surface area (Å²) in [5.74, 6) is 1.05. The molecule has 0 aromatic heterocycles. The molecule has 2 fully saturated rings. The quantitative estimate of drug-likeness (QED) is 0.742. The van der Waals surface area contributed by atoms with E-state index in [9.17, 15) is 4.79 Å². The van der Waals surface area contributed by atoms with E-state index in [0.717, 1.165) is 50.5 Å². The van der Waals surface area contributed by atoms with Crippen LogP contribution in [0.2, 0.25) is 0 Å². The third kappa shape index (κ3) is 5.80. The molecule has 1 amide bonds. The summed E-state index contributed by atoms with van der Waals surface area (Å²) in [7, 11) is 0. The molecule has 138 valence electrons. The predicted molar refractivity (Wildman–Crippen MR) is 105 cm³/mol. The van der Waals surface area contributed by atoms with Gasteiger partial charge in [-0.1, -0.05) is 34.1 Å². The summed E-state index contributed by atoms with van der Waals surface area (Å²) < 4.78 is 0. The number of carbonyl (C=O) groups is 1. The Balaban J connectivity index is 1.96. The first-order valence-corrected chi connectivity index (χ1v) is 10.7. The van der Waals surface area contributed by atoms with Crippen LogP contribution in [0, 0.1) is 11.3 Å². The van der Waals surface area contributed by atoms with Gasteiger partial charge in [-0.3, -0.25) is 4.79 Å². The van der Waals surface area contributed by atoms with Gasteiger partial charge in [-0.05, 0) is 61.9 Å². The highest BCUT2D eigenvalue weighted by atomic mass is 32.2. The lowest BCUT2D eigenvalue weighted by Gasteiger charge is -2.30. The third-order valence-electron chi connectivity index (χ3n) is 5.57. The predicted octanol–water partition coefficient (Wildman–Crippen LogP) is 4.44. The first kappa shape index (κ1) is 19.8. The normalized spacial score (nSPS) is 24.5. The van der Waals surface area contributed by atoms with Crippen LogP contribution in [0.25, 0.3) is 0 Å². The fourth-order valence-electron chi connectivity index (χ4n) is 3.86. The Morgan fingerprint density at radius 2 is 2.04 bits per heavy atom. The molecule has 2 rings (SSSR count). The van der Waals surface area contributed by atoms with Crippen LogP contribution in [-0.2, 0) is 4.79 Å². The van der Waals surface area contributed by atoms with Gasteiger partial charge in [0, 0.05) is 23.9 Å². The van der Waals surface area contributed by atoms with Gasteiger partial charge in [0.25, 0.3) is 0 Å². The summed E-state index contributed by atoms with van der Waals surface area (Å²) in [6.07, 6.45) is 6.97. The highest BCUT2D eigenvalue weighted by molar-refractivity contribution is 8.02. The summed E-state index contributed by atoms with van der Waals surface area (Å²) in [5, 5.41) is 6.21. The molecule has 3 nitrogen and oxygen atoms in total. The zero-order chi connectivity index (χ0) is 17.6. The smallest absolute Gasteiger partial charge is 0.250 e. The molecule has 2 saturated heterocycles. The van der Waals surface area contributed by atoms with Crippen molar-refractivity contribution in [1.82, 2.24) is 10.2 Å². The van der Waals surface area contributed by atoms with E-state index in [0.29, 0.717) is 5.25 Å². The molecule has 0 bridgehead atoms. The molecule has 24 heavy (non-hydrogen) atoms.